The third-order valence-electron chi connectivity index (χ3n) is 3.43. The maximum absolute atomic E-state index is 12.0. The molecule has 0 saturated carbocycles. The van der Waals surface area contributed by atoms with Crippen molar-refractivity contribution < 1.29 is 14.7 Å². The van der Waals surface area contributed by atoms with Crippen LogP contribution in [-0.2, 0) is 11.2 Å². The Kier molecular flexibility index (Phi) is 5.31. The highest BCUT2D eigenvalue weighted by molar-refractivity contribution is 6.35. The molecule has 1 aliphatic rings. The number of rotatable bonds is 4. The molecule has 0 radical (unpaired) electrons. The molecule has 1 aliphatic heterocycles. The molecular weight excluding hydrogens is 315 g/mol. The van der Waals surface area contributed by atoms with Crippen LogP contribution < -0.4 is 5.32 Å². The van der Waals surface area contributed by atoms with Crippen LogP contribution in [0, 0.1) is 0 Å². The molecule has 2 N–H and O–H groups in total. The number of nitrogens with one attached hydrogen (secondary N) is 1. The number of hydrogen-bond acceptors (Lipinski definition) is 2. The molecule has 21 heavy (non-hydrogen) atoms. The summed E-state index contributed by atoms with van der Waals surface area (Å²) in [5, 5.41) is 12.7. The summed E-state index contributed by atoms with van der Waals surface area (Å²) in [6, 6.07) is 3.51. The van der Waals surface area contributed by atoms with E-state index >= 15 is 0 Å². The highest BCUT2D eigenvalue weighted by atomic mass is 35.5. The highest BCUT2D eigenvalue weighted by Gasteiger charge is 2.25. The van der Waals surface area contributed by atoms with Crippen LogP contribution in [0.5, 0.6) is 0 Å². The number of aliphatic carboxylic acids is 1. The number of nitrogens with zero attached hydrogens (tertiary/aromatic N) is 1. The van der Waals surface area contributed by atoms with E-state index in [1.165, 1.54) is 0 Å². The van der Waals surface area contributed by atoms with Crippen LogP contribution in [0.2, 0.25) is 10.0 Å². The van der Waals surface area contributed by atoms with Crippen molar-refractivity contribution in [2.24, 2.45) is 0 Å². The Morgan fingerprint density at radius 1 is 1.29 bits per heavy atom. The summed E-state index contributed by atoms with van der Waals surface area (Å²) in [5.41, 5.74) is 0.634. The number of carboxylic acids is 1. The molecule has 1 fully saturated rings. The highest BCUT2D eigenvalue weighted by Crippen LogP contribution is 2.22. The number of amides is 2. The van der Waals surface area contributed by atoms with Gasteiger partial charge >= 0.3 is 12.0 Å². The smallest absolute Gasteiger partial charge is 0.326 e. The molecular formula is C14H16Cl2N2O3. The lowest BCUT2D eigenvalue weighted by Crippen LogP contribution is -2.48. The number of benzene rings is 1. The molecule has 0 aliphatic carbocycles. The average Bonchev–Trinajstić information content (AvgIpc) is 2.94. The predicted octanol–water partition coefficient (Wildman–Crippen LogP) is 2.79. The first kappa shape index (κ1) is 15.9. The lowest BCUT2D eigenvalue weighted by molar-refractivity contribution is -0.139. The molecule has 1 aromatic rings. The molecule has 0 aromatic heterocycles. The minimum Gasteiger partial charge on any atom is -0.480 e. The second-order valence-electron chi connectivity index (χ2n) is 4.97. The summed E-state index contributed by atoms with van der Waals surface area (Å²) in [6.45, 7) is 1.33. The molecule has 1 heterocycles. The van der Waals surface area contributed by atoms with Crippen LogP contribution in [0.1, 0.15) is 18.4 Å². The molecule has 114 valence electrons. The van der Waals surface area contributed by atoms with Gasteiger partial charge in [-0.15, -0.1) is 0 Å². The van der Waals surface area contributed by atoms with Gasteiger partial charge in [-0.3, -0.25) is 0 Å². The predicted molar refractivity (Wildman–Crippen MR) is 80.9 cm³/mol. The molecule has 1 saturated heterocycles. The number of carbonyl (C=O) groups is 2. The first-order chi connectivity index (χ1) is 9.97. The normalized spacial score (nSPS) is 15.8. The molecule has 2 rings (SSSR count). The molecule has 0 unspecified atom stereocenters. The first-order valence-electron chi connectivity index (χ1n) is 6.69. The van der Waals surface area contributed by atoms with E-state index in [9.17, 15) is 14.7 Å². The number of likely N-dealkylation sites (tertiary alicyclic amines) is 1. The van der Waals surface area contributed by atoms with Crippen LogP contribution in [0.25, 0.3) is 0 Å². The number of hydrogen-bond donors (Lipinski definition) is 2. The standard InChI is InChI=1S/C14H16Cl2N2O3/c15-10-4-3-9(11(16)8-10)7-12(13(19)20)17-14(21)18-5-1-2-6-18/h3-4,8,12H,1-2,5-7H2,(H,17,21)(H,19,20)/t12-/m1/s1. The topological polar surface area (TPSA) is 69.6 Å². The van der Waals surface area contributed by atoms with Gasteiger partial charge in [0, 0.05) is 29.6 Å². The summed E-state index contributed by atoms with van der Waals surface area (Å²) >= 11 is 11.9. The van der Waals surface area contributed by atoms with Gasteiger partial charge in [0.2, 0.25) is 0 Å². The fourth-order valence-electron chi connectivity index (χ4n) is 2.27. The Labute approximate surface area is 132 Å². The fourth-order valence-corrected chi connectivity index (χ4v) is 2.75. The Balaban J connectivity index is 2.04. The Morgan fingerprint density at radius 2 is 1.95 bits per heavy atom. The Bertz CT molecular complexity index is 545. The monoisotopic (exact) mass is 330 g/mol. The zero-order chi connectivity index (χ0) is 15.4. The van der Waals surface area contributed by atoms with Gasteiger partial charge in [0.1, 0.15) is 6.04 Å². The van der Waals surface area contributed by atoms with Crippen molar-refractivity contribution in [3.63, 3.8) is 0 Å². The third kappa shape index (κ3) is 4.25. The Morgan fingerprint density at radius 3 is 2.52 bits per heavy atom. The van der Waals surface area contributed by atoms with Crippen molar-refractivity contribution in [2.75, 3.05) is 13.1 Å². The number of urea groups is 1. The van der Waals surface area contributed by atoms with Gasteiger partial charge in [-0.05, 0) is 30.5 Å². The number of halogens is 2. The molecule has 5 nitrogen and oxygen atoms in total. The second kappa shape index (κ2) is 7.00. The maximum atomic E-state index is 12.0. The first-order valence-corrected chi connectivity index (χ1v) is 7.45. The van der Waals surface area contributed by atoms with Crippen LogP contribution in [0.3, 0.4) is 0 Å². The van der Waals surface area contributed by atoms with Crippen molar-refractivity contribution in [1.82, 2.24) is 10.2 Å². The summed E-state index contributed by atoms with van der Waals surface area (Å²) in [4.78, 5) is 24.9. The zero-order valence-corrected chi connectivity index (χ0v) is 12.8. The Hall–Kier alpha value is -1.46. The van der Waals surface area contributed by atoms with E-state index in [1.54, 1.807) is 23.1 Å². The van der Waals surface area contributed by atoms with E-state index in [1.807, 2.05) is 0 Å². The van der Waals surface area contributed by atoms with E-state index < -0.39 is 12.0 Å². The van der Waals surface area contributed by atoms with Crippen LogP contribution in [0.4, 0.5) is 4.79 Å². The van der Waals surface area contributed by atoms with Crippen molar-refractivity contribution in [3.8, 4) is 0 Å². The molecule has 7 heteroatoms. The quantitative estimate of drug-likeness (QED) is 0.891. The van der Waals surface area contributed by atoms with Gasteiger partial charge in [-0.2, -0.15) is 0 Å². The van der Waals surface area contributed by atoms with E-state index in [4.69, 9.17) is 23.2 Å². The summed E-state index contributed by atoms with van der Waals surface area (Å²) in [7, 11) is 0. The van der Waals surface area contributed by atoms with E-state index in [0.717, 1.165) is 12.8 Å². The SMILES string of the molecule is O=C(O)[C@@H](Cc1ccc(Cl)cc1Cl)NC(=O)N1CCCC1. The zero-order valence-electron chi connectivity index (χ0n) is 11.3. The van der Waals surface area contributed by atoms with Gasteiger partial charge in [-0.1, -0.05) is 29.3 Å². The molecule has 0 spiro atoms. The van der Waals surface area contributed by atoms with Crippen molar-refractivity contribution in [1.29, 1.82) is 0 Å². The summed E-state index contributed by atoms with van der Waals surface area (Å²) < 4.78 is 0. The van der Waals surface area contributed by atoms with E-state index in [-0.39, 0.29) is 12.5 Å². The van der Waals surface area contributed by atoms with Crippen LogP contribution >= 0.6 is 23.2 Å². The van der Waals surface area contributed by atoms with Gasteiger partial charge in [-0.25, -0.2) is 9.59 Å². The molecule has 2 amide bonds. The van der Waals surface area contributed by atoms with Crippen LogP contribution in [-0.4, -0.2) is 41.1 Å². The minimum absolute atomic E-state index is 0.116. The van der Waals surface area contributed by atoms with Crippen molar-refractivity contribution in [3.05, 3.63) is 33.8 Å². The van der Waals surface area contributed by atoms with Crippen LogP contribution in [0.15, 0.2) is 18.2 Å². The molecule has 1 atom stereocenters. The van der Waals surface area contributed by atoms with Gasteiger partial charge in [0.15, 0.2) is 0 Å². The van der Waals surface area contributed by atoms with Crippen molar-refractivity contribution in [2.45, 2.75) is 25.3 Å². The fraction of sp³-hybridized carbons (Fsp3) is 0.429. The third-order valence-corrected chi connectivity index (χ3v) is 4.02. The summed E-state index contributed by atoms with van der Waals surface area (Å²) in [5.74, 6) is -1.09. The van der Waals surface area contributed by atoms with Gasteiger partial charge < -0.3 is 15.3 Å². The second-order valence-corrected chi connectivity index (χ2v) is 5.82. The molecule has 1 aromatic carbocycles. The van der Waals surface area contributed by atoms with Gasteiger partial charge in [0.05, 0.1) is 0 Å². The van der Waals surface area contributed by atoms with E-state index in [2.05, 4.69) is 5.32 Å². The lowest BCUT2D eigenvalue weighted by Gasteiger charge is -2.21. The number of carboxylic acid groups (broad SMARTS) is 1. The minimum atomic E-state index is -1.09. The van der Waals surface area contributed by atoms with Gasteiger partial charge in [0.25, 0.3) is 0 Å². The largest absolute Gasteiger partial charge is 0.480 e. The molecule has 0 bridgehead atoms. The number of carbonyl (C=O) groups excluding carboxylic acids is 1. The summed E-state index contributed by atoms with van der Waals surface area (Å²) in [6.07, 6.45) is 2.02. The average molecular weight is 331 g/mol. The van der Waals surface area contributed by atoms with E-state index in [0.29, 0.717) is 28.7 Å². The lowest BCUT2D eigenvalue weighted by atomic mass is 10.1. The maximum Gasteiger partial charge on any atom is 0.326 e. The van der Waals surface area contributed by atoms with Crippen molar-refractivity contribution >= 4 is 35.2 Å².